The first-order valence-electron chi connectivity index (χ1n) is 5.85. The number of halogens is 1. The summed E-state index contributed by atoms with van der Waals surface area (Å²) >= 11 is 5.97. The van der Waals surface area contributed by atoms with Gasteiger partial charge in [-0.2, -0.15) is 10.2 Å². The summed E-state index contributed by atoms with van der Waals surface area (Å²) in [5.41, 5.74) is 2.90. The maximum absolute atomic E-state index is 10.4. The second-order valence-electron chi connectivity index (χ2n) is 4.32. The first kappa shape index (κ1) is 13.8. The third-order valence-electron chi connectivity index (χ3n) is 2.93. The van der Waals surface area contributed by atoms with Crippen molar-refractivity contribution in [1.82, 2.24) is 10.2 Å². The van der Waals surface area contributed by atoms with Gasteiger partial charge in [0.2, 0.25) is 0 Å². The van der Waals surface area contributed by atoms with Crippen LogP contribution in [0.4, 0.5) is 0 Å². The van der Waals surface area contributed by atoms with E-state index in [4.69, 9.17) is 16.3 Å². The number of aromatic nitrogens is 2. The molecule has 1 heterocycles. The van der Waals surface area contributed by atoms with Gasteiger partial charge >= 0.3 is 0 Å². The van der Waals surface area contributed by atoms with E-state index in [0.29, 0.717) is 22.0 Å². The second kappa shape index (κ2) is 5.55. The molecular formula is C14H15ClN2O2. The molecule has 0 saturated heterocycles. The summed E-state index contributed by atoms with van der Waals surface area (Å²) in [5, 5.41) is 18.9. The van der Waals surface area contributed by atoms with Crippen molar-refractivity contribution in [3.63, 3.8) is 0 Å². The standard InChI is InChI=1S/C14H15ClN2O2/c1-8-6-11(9(2)17-16-8)14(18)10-4-5-12(15)13(7-10)19-3/h4-7,14,18H,1-3H3. The maximum Gasteiger partial charge on any atom is 0.137 e. The summed E-state index contributed by atoms with van der Waals surface area (Å²) in [7, 11) is 1.54. The van der Waals surface area contributed by atoms with Gasteiger partial charge in [0.15, 0.2) is 0 Å². The molecule has 0 amide bonds. The normalized spacial score (nSPS) is 12.3. The SMILES string of the molecule is COc1cc(C(O)c2cc(C)nnc2C)ccc1Cl. The van der Waals surface area contributed by atoms with Crippen LogP contribution in [0.25, 0.3) is 0 Å². The van der Waals surface area contributed by atoms with Crippen LogP contribution < -0.4 is 4.74 Å². The van der Waals surface area contributed by atoms with Crippen LogP contribution in [0.3, 0.4) is 0 Å². The predicted molar refractivity (Wildman–Crippen MR) is 73.6 cm³/mol. The molecule has 0 aliphatic carbocycles. The highest BCUT2D eigenvalue weighted by Gasteiger charge is 2.16. The molecule has 1 atom stereocenters. The number of nitrogens with zero attached hydrogens (tertiary/aromatic N) is 2. The Bertz CT molecular complexity index is 602. The van der Waals surface area contributed by atoms with Gasteiger partial charge in [-0.3, -0.25) is 0 Å². The molecule has 5 heteroatoms. The molecule has 1 aromatic carbocycles. The minimum atomic E-state index is -0.777. The molecule has 1 N–H and O–H groups in total. The average Bonchev–Trinajstić information content (AvgIpc) is 2.41. The molecule has 19 heavy (non-hydrogen) atoms. The highest BCUT2D eigenvalue weighted by atomic mass is 35.5. The largest absolute Gasteiger partial charge is 0.495 e. The van der Waals surface area contributed by atoms with Crippen LogP contribution in [0.15, 0.2) is 24.3 Å². The van der Waals surface area contributed by atoms with Crippen LogP contribution in [0.5, 0.6) is 5.75 Å². The summed E-state index contributed by atoms with van der Waals surface area (Å²) in [6.45, 7) is 3.66. The van der Waals surface area contributed by atoms with Crippen molar-refractivity contribution in [2.45, 2.75) is 20.0 Å². The Kier molecular flexibility index (Phi) is 4.02. The van der Waals surface area contributed by atoms with Crippen LogP contribution in [0.2, 0.25) is 5.02 Å². The average molecular weight is 279 g/mol. The molecule has 0 aliphatic rings. The van der Waals surface area contributed by atoms with E-state index in [2.05, 4.69) is 10.2 Å². The topological polar surface area (TPSA) is 55.2 Å². The van der Waals surface area contributed by atoms with Crippen LogP contribution in [-0.2, 0) is 0 Å². The number of methoxy groups -OCH3 is 1. The minimum absolute atomic E-state index is 0.513. The van der Waals surface area contributed by atoms with Gasteiger partial charge in [0.1, 0.15) is 11.9 Å². The number of aliphatic hydroxyl groups excluding tert-OH is 1. The molecular weight excluding hydrogens is 264 g/mol. The van der Waals surface area contributed by atoms with E-state index in [-0.39, 0.29) is 0 Å². The number of hydrogen-bond acceptors (Lipinski definition) is 4. The van der Waals surface area contributed by atoms with E-state index in [1.165, 1.54) is 0 Å². The summed E-state index contributed by atoms with van der Waals surface area (Å²) in [6, 6.07) is 7.02. The Balaban J connectivity index is 2.43. The Morgan fingerprint density at radius 2 is 1.95 bits per heavy atom. The first-order chi connectivity index (χ1) is 9.02. The van der Waals surface area contributed by atoms with E-state index >= 15 is 0 Å². The Labute approximate surface area is 117 Å². The van der Waals surface area contributed by atoms with Crippen molar-refractivity contribution in [2.24, 2.45) is 0 Å². The molecule has 0 spiro atoms. The fourth-order valence-electron chi connectivity index (χ4n) is 1.87. The Morgan fingerprint density at radius 3 is 2.63 bits per heavy atom. The first-order valence-corrected chi connectivity index (χ1v) is 6.23. The van der Waals surface area contributed by atoms with E-state index in [1.807, 2.05) is 19.9 Å². The molecule has 2 aromatic rings. The Hall–Kier alpha value is -1.65. The summed E-state index contributed by atoms with van der Waals surface area (Å²) in [4.78, 5) is 0. The van der Waals surface area contributed by atoms with Gasteiger partial charge in [-0.25, -0.2) is 0 Å². The molecule has 0 saturated carbocycles. The number of aryl methyl sites for hydroxylation is 2. The summed E-state index contributed by atoms with van der Waals surface area (Å²) in [6.07, 6.45) is -0.777. The second-order valence-corrected chi connectivity index (χ2v) is 4.73. The summed E-state index contributed by atoms with van der Waals surface area (Å²) < 4.78 is 5.15. The lowest BCUT2D eigenvalue weighted by molar-refractivity contribution is 0.218. The van der Waals surface area contributed by atoms with Crippen molar-refractivity contribution in [1.29, 1.82) is 0 Å². The smallest absolute Gasteiger partial charge is 0.137 e. The number of aliphatic hydroxyl groups is 1. The highest BCUT2D eigenvalue weighted by Crippen LogP contribution is 2.31. The zero-order valence-electron chi connectivity index (χ0n) is 11.0. The van der Waals surface area contributed by atoms with Crippen LogP contribution >= 0.6 is 11.6 Å². The molecule has 2 rings (SSSR count). The van der Waals surface area contributed by atoms with E-state index in [1.54, 1.807) is 25.3 Å². The van der Waals surface area contributed by atoms with Crippen molar-refractivity contribution < 1.29 is 9.84 Å². The molecule has 100 valence electrons. The number of benzene rings is 1. The van der Waals surface area contributed by atoms with Gasteiger partial charge in [-0.1, -0.05) is 17.7 Å². The lowest BCUT2D eigenvalue weighted by Gasteiger charge is -2.15. The van der Waals surface area contributed by atoms with Crippen LogP contribution in [-0.4, -0.2) is 22.4 Å². The van der Waals surface area contributed by atoms with E-state index < -0.39 is 6.10 Å². The van der Waals surface area contributed by atoms with E-state index in [0.717, 1.165) is 11.3 Å². The summed E-state index contributed by atoms with van der Waals surface area (Å²) in [5.74, 6) is 0.537. The predicted octanol–water partition coefficient (Wildman–Crippen LogP) is 2.84. The third kappa shape index (κ3) is 2.85. The molecule has 0 bridgehead atoms. The molecule has 0 fully saturated rings. The third-order valence-corrected chi connectivity index (χ3v) is 3.24. The van der Waals surface area contributed by atoms with Crippen molar-refractivity contribution in [3.8, 4) is 5.75 Å². The Morgan fingerprint density at radius 1 is 1.21 bits per heavy atom. The van der Waals surface area contributed by atoms with Gasteiger partial charge in [-0.15, -0.1) is 0 Å². The number of hydrogen-bond donors (Lipinski definition) is 1. The zero-order chi connectivity index (χ0) is 14.0. The van der Waals surface area contributed by atoms with Gasteiger partial charge in [0.25, 0.3) is 0 Å². The molecule has 1 unspecified atom stereocenters. The molecule has 4 nitrogen and oxygen atoms in total. The van der Waals surface area contributed by atoms with Crippen molar-refractivity contribution in [2.75, 3.05) is 7.11 Å². The van der Waals surface area contributed by atoms with Gasteiger partial charge in [0, 0.05) is 5.56 Å². The maximum atomic E-state index is 10.4. The number of ether oxygens (including phenoxy) is 1. The minimum Gasteiger partial charge on any atom is -0.495 e. The lowest BCUT2D eigenvalue weighted by atomic mass is 10.0. The lowest BCUT2D eigenvalue weighted by Crippen LogP contribution is -2.06. The van der Waals surface area contributed by atoms with Crippen LogP contribution in [0.1, 0.15) is 28.6 Å². The molecule has 1 aromatic heterocycles. The van der Waals surface area contributed by atoms with Gasteiger partial charge in [-0.05, 0) is 37.6 Å². The molecule has 0 radical (unpaired) electrons. The van der Waals surface area contributed by atoms with Gasteiger partial charge < -0.3 is 9.84 Å². The van der Waals surface area contributed by atoms with Crippen LogP contribution in [0, 0.1) is 13.8 Å². The fraction of sp³-hybridized carbons (Fsp3) is 0.286. The zero-order valence-corrected chi connectivity index (χ0v) is 11.8. The quantitative estimate of drug-likeness (QED) is 0.938. The highest BCUT2D eigenvalue weighted by molar-refractivity contribution is 6.32. The molecule has 0 aliphatic heterocycles. The number of rotatable bonds is 3. The fourth-order valence-corrected chi connectivity index (χ4v) is 2.07. The van der Waals surface area contributed by atoms with Crippen molar-refractivity contribution in [3.05, 3.63) is 51.8 Å². The van der Waals surface area contributed by atoms with Crippen molar-refractivity contribution >= 4 is 11.6 Å². The van der Waals surface area contributed by atoms with Gasteiger partial charge in [0.05, 0.1) is 23.5 Å². The monoisotopic (exact) mass is 278 g/mol. The van der Waals surface area contributed by atoms with E-state index in [9.17, 15) is 5.11 Å².